The first-order valence-corrected chi connectivity index (χ1v) is 9.93. The highest BCUT2D eigenvalue weighted by Gasteiger charge is 2.17. The average Bonchev–Trinajstić information content (AvgIpc) is 3.11. The molecule has 0 radical (unpaired) electrons. The second-order valence-electron chi connectivity index (χ2n) is 7.75. The highest BCUT2D eigenvalue weighted by molar-refractivity contribution is 6.22. The van der Waals surface area contributed by atoms with E-state index in [0.717, 1.165) is 51.3 Å². The van der Waals surface area contributed by atoms with Crippen molar-refractivity contribution in [1.82, 2.24) is 24.3 Å². The van der Waals surface area contributed by atoms with Gasteiger partial charge in [0.1, 0.15) is 16.7 Å². The molecule has 146 valence electrons. The molecule has 0 saturated carbocycles. The topological polar surface area (TPSA) is 58.4 Å². The van der Waals surface area contributed by atoms with Crippen molar-refractivity contribution in [3.63, 3.8) is 0 Å². The Morgan fingerprint density at radius 2 is 1.79 bits per heavy atom. The molecule has 0 aliphatic rings. The summed E-state index contributed by atoms with van der Waals surface area (Å²) in [6.45, 7) is 3.06. The standard InChI is InChI=1S/C23H24N6/c1-5-14-6-7-16-17(10-14)18-12-25-23(24-2)27-21(18)22-20(16)26-19-11-15(13-28(3)4)8-9-29(19)22/h6-12H,5,13H2,1-4H3,(H,24,25,27). The first-order valence-electron chi connectivity index (χ1n) is 9.93. The molecule has 5 aromatic rings. The van der Waals surface area contributed by atoms with Gasteiger partial charge in [-0.1, -0.05) is 25.1 Å². The van der Waals surface area contributed by atoms with Crippen molar-refractivity contribution in [2.24, 2.45) is 0 Å². The molecule has 6 nitrogen and oxygen atoms in total. The molecule has 0 atom stereocenters. The Morgan fingerprint density at radius 3 is 2.55 bits per heavy atom. The Kier molecular flexibility index (Phi) is 4.10. The third kappa shape index (κ3) is 2.79. The van der Waals surface area contributed by atoms with Crippen LogP contribution in [0.5, 0.6) is 0 Å². The van der Waals surface area contributed by atoms with Crippen LogP contribution in [0.4, 0.5) is 5.95 Å². The molecule has 5 rings (SSSR count). The van der Waals surface area contributed by atoms with Crippen LogP contribution < -0.4 is 5.32 Å². The maximum Gasteiger partial charge on any atom is 0.223 e. The van der Waals surface area contributed by atoms with Crippen molar-refractivity contribution in [3.05, 3.63) is 53.9 Å². The van der Waals surface area contributed by atoms with Gasteiger partial charge in [0.05, 0.1) is 5.52 Å². The molecule has 2 aromatic carbocycles. The van der Waals surface area contributed by atoms with E-state index in [0.29, 0.717) is 5.95 Å². The van der Waals surface area contributed by atoms with Crippen LogP contribution >= 0.6 is 0 Å². The number of nitrogens with zero attached hydrogens (tertiary/aromatic N) is 5. The minimum atomic E-state index is 0.615. The van der Waals surface area contributed by atoms with E-state index in [1.165, 1.54) is 11.1 Å². The molecule has 0 unspecified atom stereocenters. The fourth-order valence-electron chi connectivity index (χ4n) is 4.09. The Morgan fingerprint density at radius 1 is 0.966 bits per heavy atom. The molecular formula is C23H24N6. The molecule has 29 heavy (non-hydrogen) atoms. The smallest absolute Gasteiger partial charge is 0.223 e. The predicted molar refractivity (Wildman–Crippen MR) is 120 cm³/mol. The summed E-state index contributed by atoms with van der Waals surface area (Å²) in [6.07, 6.45) is 5.02. The zero-order valence-electron chi connectivity index (χ0n) is 17.2. The van der Waals surface area contributed by atoms with E-state index in [4.69, 9.17) is 9.97 Å². The lowest BCUT2D eigenvalue weighted by Gasteiger charge is -2.10. The number of benzene rings is 2. The summed E-state index contributed by atoms with van der Waals surface area (Å²) in [7, 11) is 6.00. The summed E-state index contributed by atoms with van der Waals surface area (Å²) in [6, 6.07) is 11.0. The highest BCUT2D eigenvalue weighted by atomic mass is 15.1. The van der Waals surface area contributed by atoms with Gasteiger partial charge >= 0.3 is 0 Å². The zero-order chi connectivity index (χ0) is 20.1. The molecule has 0 aliphatic heterocycles. The van der Waals surface area contributed by atoms with Crippen LogP contribution in [0.3, 0.4) is 0 Å². The minimum Gasteiger partial charge on any atom is -0.357 e. The van der Waals surface area contributed by atoms with Crippen molar-refractivity contribution in [3.8, 4) is 0 Å². The molecule has 0 aliphatic carbocycles. The number of hydrogen-bond acceptors (Lipinski definition) is 5. The van der Waals surface area contributed by atoms with Crippen LogP contribution in [0.25, 0.3) is 38.4 Å². The van der Waals surface area contributed by atoms with Crippen molar-refractivity contribution >= 4 is 44.3 Å². The molecule has 0 spiro atoms. The second kappa shape index (κ2) is 6.67. The fourth-order valence-corrected chi connectivity index (χ4v) is 4.09. The van der Waals surface area contributed by atoms with E-state index in [-0.39, 0.29) is 0 Å². The van der Waals surface area contributed by atoms with Crippen molar-refractivity contribution in [1.29, 1.82) is 0 Å². The molecule has 0 bridgehead atoms. The van der Waals surface area contributed by atoms with E-state index in [1.807, 2.05) is 13.2 Å². The maximum absolute atomic E-state index is 5.04. The summed E-state index contributed by atoms with van der Waals surface area (Å²) in [5, 5.41) is 6.43. The van der Waals surface area contributed by atoms with Crippen LogP contribution in [0.15, 0.2) is 42.7 Å². The summed E-state index contributed by atoms with van der Waals surface area (Å²) < 4.78 is 2.15. The van der Waals surface area contributed by atoms with Gasteiger partial charge in [-0.2, -0.15) is 0 Å². The SMILES string of the molecule is CCc1ccc2c(c1)c1cnc(NC)nc1c1c2nc2cc(CN(C)C)ccn21. The predicted octanol–water partition coefficient (Wildman–Crippen LogP) is 4.25. The van der Waals surface area contributed by atoms with Gasteiger partial charge in [0, 0.05) is 36.8 Å². The number of pyridine rings is 1. The van der Waals surface area contributed by atoms with Gasteiger partial charge in [-0.15, -0.1) is 0 Å². The maximum atomic E-state index is 5.04. The number of fused-ring (bicyclic) bond motifs is 8. The number of rotatable bonds is 4. The van der Waals surface area contributed by atoms with Crippen molar-refractivity contribution in [2.75, 3.05) is 26.5 Å². The number of aryl methyl sites for hydroxylation is 1. The Hall–Kier alpha value is -3.25. The number of nitrogens with one attached hydrogen (secondary N) is 1. The van der Waals surface area contributed by atoms with Crippen molar-refractivity contribution in [2.45, 2.75) is 19.9 Å². The van der Waals surface area contributed by atoms with E-state index >= 15 is 0 Å². The Labute approximate surface area is 169 Å². The molecule has 3 heterocycles. The largest absolute Gasteiger partial charge is 0.357 e. The molecule has 1 N–H and O–H groups in total. The molecule has 0 fully saturated rings. The quantitative estimate of drug-likeness (QED) is 0.470. The normalized spacial score (nSPS) is 12.0. The van der Waals surface area contributed by atoms with Gasteiger partial charge in [0.25, 0.3) is 0 Å². The van der Waals surface area contributed by atoms with Gasteiger partial charge < -0.3 is 10.2 Å². The third-order valence-electron chi connectivity index (χ3n) is 5.46. The fraction of sp³-hybridized carbons (Fsp3) is 0.261. The lowest BCUT2D eigenvalue weighted by molar-refractivity contribution is 0.402. The van der Waals surface area contributed by atoms with Crippen LogP contribution in [-0.2, 0) is 13.0 Å². The van der Waals surface area contributed by atoms with Gasteiger partial charge in [-0.25, -0.2) is 15.0 Å². The van der Waals surface area contributed by atoms with E-state index < -0.39 is 0 Å². The minimum absolute atomic E-state index is 0.615. The monoisotopic (exact) mass is 384 g/mol. The van der Waals surface area contributed by atoms with Gasteiger partial charge in [-0.3, -0.25) is 4.40 Å². The molecule has 0 amide bonds. The second-order valence-corrected chi connectivity index (χ2v) is 7.75. The Balaban J connectivity index is 1.95. The third-order valence-corrected chi connectivity index (χ3v) is 5.46. The molecule has 3 aromatic heterocycles. The average molecular weight is 384 g/mol. The zero-order valence-corrected chi connectivity index (χ0v) is 17.2. The van der Waals surface area contributed by atoms with Crippen LogP contribution in [0.1, 0.15) is 18.1 Å². The van der Waals surface area contributed by atoms with Crippen LogP contribution in [-0.4, -0.2) is 45.4 Å². The molecular weight excluding hydrogens is 360 g/mol. The highest BCUT2D eigenvalue weighted by Crippen LogP contribution is 2.35. The number of imidazole rings is 1. The summed E-state index contributed by atoms with van der Waals surface area (Å²) in [5.41, 5.74) is 6.42. The first kappa shape index (κ1) is 17.8. The summed E-state index contributed by atoms with van der Waals surface area (Å²) in [5.74, 6) is 0.615. The lowest BCUT2D eigenvalue weighted by atomic mass is 10.0. The number of aromatic nitrogens is 4. The van der Waals surface area contributed by atoms with Gasteiger partial charge in [-0.05, 0) is 49.2 Å². The Bertz CT molecular complexity index is 1380. The van der Waals surface area contributed by atoms with Gasteiger partial charge in [0.15, 0.2) is 0 Å². The van der Waals surface area contributed by atoms with E-state index in [1.54, 1.807) is 0 Å². The molecule has 6 heteroatoms. The van der Waals surface area contributed by atoms with E-state index in [9.17, 15) is 0 Å². The summed E-state index contributed by atoms with van der Waals surface area (Å²) >= 11 is 0. The number of hydrogen-bond donors (Lipinski definition) is 1. The summed E-state index contributed by atoms with van der Waals surface area (Å²) in [4.78, 5) is 16.5. The molecule has 0 saturated heterocycles. The van der Waals surface area contributed by atoms with Crippen LogP contribution in [0, 0.1) is 0 Å². The number of anilines is 1. The van der Waals surface area contributed by atoms with Crippen LogP contribution in [0.2, 0.25) is 0 Å². The van der Waals surface area contributed by atoms with Crippen molar-refractivity contribution < 1.29 is 0 Å². The van der Waals surface area contributed by atoms with Gasteiger partial charge in [0.2, 0.25) is 5.95 Å². The first-order chi connectivity index (χ1) is 14.1. The van der Waals surface area contributed by atoms with E-state index in [2.05, 4.69) is 77.1 Å². The lowest BCUT2D eigenvalue weighted by Crippen LogP contribution is -2.10.